The van der Waals surface area contributed by atoms with Gasteiger partial charge in [-0.2, -0.15) is 0 Å². The van der Waals surface area contributed by atoms with Crippen LogP contribution in [0.4, 0.5) is 5.13 Å². The van der Waals surface area contributed by atoms with Crippen LogP contribution >= 0.6 is 11.3 Å². The van der Waals surface area contributed by atoms with Crippen LogP contribution in [0.1, 0.15) is 16.9 Å². The lowest BCUT2D eigenvalue weighted by Crippen LogP contribution is -2.49. The summed E-state index contributed by atoms with van der Waals surface area (Å²) in [5.41, 5.74) is 0.0298. The van der Waals surface area contributed by atoms with Crippen molar-refractivity contribution < 1.29 is 19.7 Å². The number of aromatic nitrogens is 2. The first-order chi connectivity index (χ1) is 12.6. The standard InChI is InChI=1S/C18H17N3O4S/c22-14-9-21(18-20-13(10-26-18)17(23)24)7-5-16(14)25-15-3-1-2-11-8-19-6-4-12(11)15/h1-4,6,8,10,14,16,22H,5,7,9H2,(H,23,24)/t14-,16-/m1/s1. The van der Waals surface area contributed by atoms with Crippen molar-refractivity contribution >= 4 is 33.2 Å². The molecule has 1 aliphatic rings. The summed E-state index contributed by atoms with van der Waals surface area (Å²) in [4.78, 5) is 21.1. The summed E-state index contributed by atoms with van der Waals surface area (Å²) in [7, 11) is 0. The molecule has 0 radical (unpaired) electrons. The lowest BCUT2D eigenvalue weighted by Gasteiger charge is -2.35. The molecule has 0 aliphatic carbocycles. The van der Waals surface area contributed by atoms with Gasteiger partial charge in [-0.15, -0.1) is 11.3 Å². The van der Waals surface area contributed by atoms with Crippen LogP contribution in [-0.2, 0) is 0 Å². The van der Waals surface area contributed by atoms with Crippen molar-refractivity contribution in [1.82, 2.24) is 9.97 Å². The van der Waals surface area contributed by atoms with Crippen LogP contribution in [0.2, 0.25) is 0 Å². The second-order valence-corrected chi connectivity index (χ2v) is 6.97. The number of carboxylic acid groups (broad SMARTS) is 1. The Morgan fingerprint density at radius 1 is 1.35 bits per heavy atom. The van der Waals surface area contributed by atoms with E-state index in [0.717, 1.165) is 16.5 Å². The molecule has 4 rings (SSSR count). The molecule has 8 heteroatoms. The zero-order valence-corrected chi connectivity index (χ0v) is 14.6. The van der Waals surface area contributed by atoms with Gasteiger partial charge in [-0.05, 0) is 12.1 Å². The molecule has 0 unspecified atom stereocenters. The molecule has 0 spiro atoms. The Balaban J connectivity index is 1.47. The van der Waals surface area contributed by atoms with Crippen LogP contribution in [0.5, 0.6) is 5.75 Å². The molecular weight excluding hydrogens is 354 g/mol. The molecule has 3 heterocycles. The van der Waals surface area contributed by atoms with E-state index in [9.17, 15) is 9.90 Å². The van der Waals surface area contributed by atoms with Crippen LogP contribution in [0.25, 0.3) is 10.8 Å². The maximum atomic E-state index is 11.0. The molecule has 1 fully saturated rings. The summed E-state index contributed by atoms with van der Waals surface area (Å²) in [6, 6.07) is 7.66. The van der Waals surface area contributed by atoms with E-state index in [2.05, 4.69) is 9.97 Å². The van der Waals surface area contributed by atoms with Crippen LogP contribution in [-0.4, -0.2) is 51.4 Å². The van der Waals surface area contributed by atoms with Gasteiger partial charge in [0, 0.05) is 48.1 Å². The van der Waals surface area contributed by atoms with Crippen molar-refractivity contribution in [2.24, 2.45) is 0 Å². The molecule has 1 saturated heterocycles. The zero-order chi connectivity index (χ0) is 18.1. The van der Waals surface area contributed by atoms with Gasteiger partial charge in [0.2, 0.25) is 0 Å². The molecule has 26 heavy (non-hydrogen) atoms. The van der Waals surface area contributed by atoms with Gasteiger partial charge < -0.3 is 19.8 Å². The number of nitrogens with zero attached hydrogens (tertiary/aromatic N) is 3. The summed E-state index contributed by atoms with van der Waals surface area (Å²) in [5, 5.41) is 23.6. The summed E-state index contributed by atoms with van der Waals surface area (Å²) in [5.74, 6) is -0.318. The number of carbonyl (C=O) groups is 1. The number of anilines is 1. The highest BCUT2D eigenvalue weighted by molar-refractivity contribution is 7.13. The average molecular weight is 371 g/mol. The first-order valence-electron chi connectivity index (χ1n) is 8.23. The molecule has 134 valence electrons. The maximum Gasteiger partial charge on any atom is 0.355 e. The van der Waals surface area contributed by atoms with Gasteiger partial charge in [0.05, 0.1) is 0 Å². The number of thiazole rings is 1. The van der Waals surface area contributed by atoms with E-state index in [0.29, 0.717) is 24.6 Å². The van der Waals surface area contributed by atoms with E-state index in [4.69, 9.17) is 9.84 Å². The number of hydrogen-bond donors (Lipinski definition) is 2. The van der Waals surface area contributed by atoms with Gasteiger partial charge in [0.15, 0.2) is 10.8 Å². The van der Waals surface area contributed by atoms with Gasteiger partial charge in [0.1, 0.15) is 18.0 Å². The van der Waals surface area contributed by atoms with Crippen LogP contribution < -0.4 is 9.64 Å². The molecule has 1 aliphatic heterocycles. The Labute approximate surface area is 153 Å². The molecule has 0 amide bonds. The number of piperidine rings is 1. The minimum absolute atomic E-state index is 0.0298. The summed E-state index contributed by atoms with van der Waals surface area (Å²) in [6.07, 6.45) is 3.09. The SMILES string of the molecule is O=C(O)c1csc(N2CC[C@@H](Oc3cccc4cnccc34)[C@H](O)C2)n1. The predicted octanol–water partition coefficient (Wildman–Crippen LogP) is 2.41. The Morgan fingerprint density at radius 3 is 3.00 bits per heavy atom. The number of fused-ring (bicyclic) bond motifs is 1. The van der Waals surface area contributed by atoms with Crippen molar-refractivity contribution in [2.45, 2.75) is 18.6 Å². The number of benzene rings is 1. The molecule has 2 N–H and O–H groups in total. The molecular formula is C18H17N3O4S. The molecule has 0 saturated carbocycles. The Morgan fingerprint density at radius 2 is 2.23 bits per heavy atom. The molecule has 2 aromatic heterocycles. The summed E-state index contributed by atoms with van der Waals surface area (Å²) < 4.78 is 6.09. The van der Waals surface area contributed by atoms with E-state index in [1.54, 1.807) is 12.4 Å². The number of aromatic carboxylic acids is 1. The molecule has 0 bridgehead atoms. The van der Waals surface area contributed by atoms with Gasteiger partial charge in [0.25, 0.3) is 0 Å². The predicted molar refractivity (Wildman–Crippen MR) is 98.1 cm³/mol. The van der Waals surface area contributed by atoms with E-state index >= 15 is 0 Å². The van der Waals surface area contributed by atoms with Crippen molar-refractivity contribution in [3.63, 3.8) is 0 Å². The number of aliphatic hydroxyl groups excluding tert-OH is 1. The average Bonchev–Trinajstić information content (AvgIpc) is 3.14. The largest absolute Gasteiger partial charge is 0.487 e. The fourth-order valence-corrected chi connectivity index (χ4v) is 3.92. The highest BCUT2D eigenvalue weighted by Gasteiger charge is 2.31. The minimum Gasteiger partial charge on any atom is -0.487 e. The van der Waals surface area contributed by atoms with Gasteiger partial charge in [-0.3, -0.25) is 4.98 Å². The van der Waals surface area contributed by atoms with Crippen LogP contribution in [0.15, 0.2) is 42.0 Å². The highest BCUT2D eigenvalue weighted by Crippen LogP contribution is 2.29. The first-order valence-corrected chi connectivity index (χ1v) is 9.11. The normalized spacial score (nSPS) is 20.3. The van der Waals surface area contributed by atoms with Crippen molar-refractivity contribution in [3.8, 4) is 5.75 Å². The number of hydrogen-bond acceptors (Lipinski definition) is 7. The Hall–Kier alpha value is -2.71. The third-order valence-electron chi connectivity index (χ3n) is 4.42. The first kappa shape index (κ1) is 16.7. The van der Waals surface area contributed by atoms with Crippen LogP contribution in [0, 0.1) is 0 Å². The number of ether oxygens (including phenoxy) is 1. The fourth-order valence-electron chi connectivity index (χ4n) is 3.09. The number of aliphatic hydroxyl groups is 1. The third kappa shape index (κ3) is 3.21. The fraction of sp³-hybridized carbons (Fsp3) is 0.278. The quantitative estimate of drug-likeness (QED) is 0.727. The Bertz CT molecular complexity index is 940. The monoisotopic (exact) mass is 371 g/mol. The van der Waals surface area contributed by atoms with Crippen LogP contribution in [0.3, 0.4) is 0 Å². The van der Waals surface area contributed by atoms with E-state index in [-0.39, 0.29) is 11.8 Å². The number of β-amino-alcohol motifs (C(OH)–C–C–N with tert-alkyl or cyclic N) is 1. The topological polar surface area (TPSA) is 95.8 Å². The zero-order valence-electron chi connectivity index (χ0n) is 13.8. The highest BCUT2D eigenvalue weighted by atomic mass is 32.1. The van der Waals surface area contributed by atoms with Crippen molar-refractivity contribution in [3.05, 3.63) is 47.7 Å². The lowest BCUT2D eigenvalue weighted by atomic mass is 10.0. The van der Waals surface area contributed by atoms with E-state index < -0.39 is 12.1 Å². The number of rotatable bonds is 4. The summed E-state index contributed by atoms with van der Waals surface area (Å²) >= 11 is 1.27. The number of pyridine rings is 1. The molecule has 7 nitrogen and oxygen atoms in total. The molecule has 3 aromatic rings. The number of carboxylic acids is 1. The lowest BCUT2D eigenvalue weighted by molar-refractivity contribution is 0.0251. The molecule has 2 atom stereocenters. The van der Waals surface area contributed by atoms with Crippen molar-refractivity contribution in [1.29, 1.82) is 0 Å². The minimum atomic E-state index is -1.04. The van der Waals surface area contributed by atoms with Crippen molar-refractivity contribution in [2.75, 3.05) is 18.0 Å². The maximum absolute atomic E-state index is 11.0. The molecule has 1 aromatic carbocycles. The second kappa shape index (κ2) is 6.89. The van der Waals surface area contributed by atoms with Gasteiger partial charge in [-0.25, -0.2) is 9.78 Å². The van der Waals surface area contributed by atoms with E-state index in [1.807, 2.05) is 29.2 Å². The Kier molecular flexibility index (Phi) is 4.44. The van der Waals surface area contributed by atoms with E-state index in [1.165, 1.54) is 16.7 Å². The summed E-state index contributed by atoms with van der Waals surface area (Å²) in [6.45, 7) is 0.990. The third-order valence-corrected chi connectivity index (χ3v) is 5.32. The smallest absolute Gasteiger partial charge is 0.355 e. The second-order valence-electron chi connectivity index (χ2n) is 6.13. The van der Waals surface area contributed by atoms with Gasteiger partial charge >= 0.3 is 5.97 Å². The van der Waals surface area contributed by atoms with Gasteiger partial charge in [-0.1, -0.05) is 12.1 Å².